The molecule has 2 aromatic rings. The van der Waals surface area contributed by atoms with E-state index in [2.05, 4.69) is 5.10 Å². The van der Waals surface area contributed by atoms with Crippen molar-refractivity contribution in [1.82, 2.24) is 9.78 Å². The summed E-state index contributed by atoms with van der Waals surface area (Å²) in [6, 6.07) is 6.58. The Hall–Kier alpha value is -2.41. The maximum Gasteiger partial charge on any atom is 0.312 e. The van der Waals surface area contributed by atoms with Crippen LogP contribution in [0.1, 0.15) is 23.9 Å². The normalized spacial score (nSPS) is 17.8. The SMILES string of the molecule is Cc1nn([C@@H]2CCN(c3ccccc3Cl)C2=O)c(C)c1[N+](=O)[O-]. The van der Waals surface area contributed by atoms with Crippen LogP contribution in [0.25, 0.3) is 0 Å². The predicted octanol–water partition coefficient (Wildman–Crippen LogP) is 3.04. The number of hydrogen-bond acceptors (Lipinski definition) is 4. The van der Waals surface area contributed by atoms with Gasteiger partial charge in [-0.3, -0.25) is 14.9 Å². The Morgan fingerprint density at radius 3 is 2.65 bits per heavy atom. The molecule has 7 nitrogen and oxygen atoms in total. The number of rotatable bonds is 3. The van der Waals surface area contributed by atoms with E-state index in [0.717, 1.165) is 0 Å². The van der Waals surface area contributed by atoms with Crippen LogP contribution in [-0.2, 0) is 4.79 Å². The summed E-state index contributed by atoms with van der Waals surface area (Å²) in [5.41, 5.74) is 1.33. The van der Waals surface area contributed by atoms with Crippen LogP contribution in [0, 0.1) is 24.0 Å². The van der Waals surface area contributed by atoms with Gasteiger partial charge in [0.1, 0.15) is 17.4 Å². The molecule has 0 N–H and O–H groups in total. The number of nitrogens with zero attached hydrogens (tertiary/aromatic N) is 4. The fourth-order valence-electron chi connectivity index (χ4n) is 3.02. The highest BCUT2D eigenvalue weighted by atomic mass is 35.5. The molecular formula is C15H15ClN4O3. The van der Waals surface area contributed by atoms with Gasteiger partial charge in [0.2, 0.25) is 0 Å². The largest absolute Gasteiger partial charge is 0.312 e. The maximum atomic E-state index is 12.7. The lowest BCUT2D eigenvalue weighted by Crippen LogP contribution is -2.29. The van der Waals surface area contributed by atoms with Crippen molar-refractivity contribution in [3.8, 4) is 0 Å². The van der Waals surface area contributed by atoms with Gasteiger partial charge in [-0.15, -0.1) is 0 Å². The van der Waals surface area contributed by atoms with Gasteiger partial charge in [-0.05, 0) is 32.4 Å². The number of aryl methyl sites for hydroxylation is 1. The van der Waals surface area contributed by atoms with Crippen LogP contribution in [0.3, 0.4) is 0 Å². The molecule has 1 fully saturated rings. The van der Waals surface area contributed by atoms with Crippen LogP contribution in [0.2, 0.25) is 5.02 Å². The highest BCUT2D eigenvalue weighted by Crippen LogP contribution is 2.35. The van der Waals surface area contributed by atoms with E-state index in [1.807, 2.05) is 6.07 Å². The first-order valence-electron chi connectivity index (χ1n) is 7.17. The third-order valence-electron chi connectivity index (χ3n) is 4.09. The molecule has 3 rings (SSSR count). The fourth-order valence-corrected chi connectivity index (χ4v) is 3.26. The van der Waals surface area contributed by atoms with Crippen molar-refractivity contribution in [2.45, 2.75) is 26.3 Å². The van der Waals surface area contributed by atoms with Crippen LogP contribution in [0.4, 0.5) is 11.4 Å². The second-order valence-electron chi connectivity index (χ2n) is 5.47. The van der Waals surface area contributed by atoms with Crippen LogP contribution >= 0.6 is 11.6 Å². The molecular weight excluding hydrogens is 320 g/mol. The number of para-hydroxylation sites is 1. The quantitative estimate of drug-likeness (QED) is 0.638. The maximum absolute atomic E-state index is 12.7. The van der Waals surface area contributed by atoms with Gasteiger partial charge in [0.05, 0.1) is 15.6 Å². The number of halogens is 1. The Kier molecular flexibility index (Phi) is 3.81. The third kappa shape index (κ3) is 2.46. The second kappa shape index (κ2) is 5.66. The van der Waals surface area contributed by atoms with Crippen LogP contribution in [0.5, 0.6) is 0 Å². The summed E-state index contributed by atoms with van der Waals surface area (Å²) in [4.78, 5) is 25.0. The molecule has 1 aliphatic rings. The van der Waals surface area contributed by atoms with Gasteiger partial charge >= 0.3 is 5.69 Å². The van der Waals surface area contributed by atoms with E-state index in [1.54, 1.807) is 36.9 Å². The first kappa shape index (κ1) is 15.5. The average Bonchev–Trinajstić information content (AvgIpc) is 2.99. The third-order valence-corrected chi connectivity index (χ3v) is 4.40. The molecule has 1 aromatic carbocycles. The summed E-state index contributed by atoms with van der Waals surface area (Å²) in [6.45, 7) is 3.69. The van der Waals surface area contributed by atoms with Crippen molar-refractivity contribution in [2.24, 2.45) is 0 Å². The van der Waals surface area contributed by atoms with E-state index in [-0.39, 0.29) is 11.6 Å². The Morgan fingerprint density at radius 2 is 2.04 bits per heavy atom. The Morgan fingerprint density at radius 1 is 1.35 bits per heavy atom. The zero-order valence-electron chi connectivity index (χ0n) is 12.7. The molecule has 23 heavy (non-hydrogen) atoms. The van der Waals surface area contributed by atoms with Crippen molar-refractivity contribution in [3.63, 3.8) is 0 Å². The monoisotopic (exact) mass is 334 g/mol. The predicted molar refractivity (Wildman–Crippen MR) is 85.8 cm³/mol. The Balaban J connectivity index is 1.96. The lowest BCUT2D eigenvalue weighted by Gasteiger charge is -2.18. The number of carbonyl (C=O) groups excluding carboxylic acids is 1. The van der Waals surface area contributed by atoms with E-state index in [0.29, 0.717) is 35.1 Å². The molecule has 1 atom stereocenters. The summed E-state index contributed by atoms with van der Waals surface area (Å²) >= 11 is 6.16. The van der Waals surface area contributed by atoms with Crippen molar-refractivity contribution >= 4 is 28.9 Å². The number of aromatic nitrogens is 2. The zero-order valence-corrected chi connectivity index (χ0v) is 13.4. The number of benzene rings is 1. The minimum atomic E-state index is -0.543. The number of nitro groups is 1. The van der Waals surface area contributed by atoms with Gasteiger partial charge in [-0.1, -0.05) is 23.7 Å². The molecule has 1 amide bonds. The standard InChI is InChI=1S/C15H15ClN4O3/c1-9-14(20(22)23)10(2)19(17-9)13-7-8-18(15(13)21)12-6-4-3-5-11(12)16/h3-6,13H,7-8H2,1-2H3/t13-/m1/s1. The highest BCUT2D eigenvalue weighted by Gasteiger charge is 2.38. The van der Waals surface area contributed by atoms with E-state index < -0.39 is 11.0 Å². The van der Waals surface area contributed by atoms with Crippen LogP contribution < -0.4 is 4.90 Å². The van der Waals surface area contributed by atoms with Crippen molar-refractivity contribution < 1.29 is 9.72 Å². The van der Waals surface area contributed by atoms with Gasteiger partial charge in [-0.2, -0.15) is 5.10 Å². The number of amides is 1. The molecule has 1 aliphatic heterocycles. The summed E-state index contributed by atoms with van der Waals surface area (Å²) < 4.78 is 1.46. The average molecular weight is 335 g/mol. The fraction of sp³-hybridized carbons (Fsp3) is 0.333. The minimum absolute atomic E-state index is 0.0333. The molecule has 0 spiro atoms. The lowest BCUT2D eigenvalue weighted by atomic mass is 10.2. The van der Waals surface area contributed by atoms with Crippen LogP contribution in [-0.4, -0.2) is 27.2 Å². The zero-order chi connectivity index (χ0) is 16.7. The van der Waals surface area contributed by atoms with E-state index >= 15 is 0 Å². The summed E-state index contributed by atoms with van der Waals surface area (Å²) in [6.07, 6.45) is 0.531. The smallest absolute Gasteiger partial charge is 0.309 e. The molecule has 8 heteroatoms. The summed E-state index contributed by atoms with van der Waals surface area (Å²) in [7, 11) is 0. The number of hydrogen-bond donors (Lipinski definition) is 0. The Labute approximate surface area is 137 Å². The molecule has 0 aliphatic carbocycles. The molecule has 120 valence electrons. The van der Waals surface area contributed by atoms with E-state index in [9.17, 15) is 14.9 Å². The van der Waals surface area contributed by atoms with Gasteiger partial charge < -0.3 is 4.90 Å². The second-order valence-corrected chi connectivity index (χ2v) is 5.87. The molecule has 0 radical (unpaired) electrons. The number of anilines is 1. The van der Waals surface area contributed by atoms with Crippen molar-refractivity contribution in [3.05, 3.63) is 50.8 Å². The van der Waals surface area contributed by atoms with Gasteiger partial charge in [0.15, 0.2) is 0 Å². The first-order valence-corrected chi connectivity index (χ1v) is 7.55. The van der Waals surface area contributed by atoms with Crippen molar-refractivity contribution in [1.29, 1.82) is 0 Å². The molecule has 1 aromatic heterocycles. The lowest BCUT2D eigenvalue weighted by molar-refractivity contribution is -0.386. The minimum Gasteiger partial charge on any atom is -0.309 e. The van der Waals surface area contributed by atoms with Gasteiger partial charge in [0.25, 0.3) is 5.91 Å². The Bertz CT molecular complexity index is 802. The first-order chi connectivity index (χ1) is 10.9. The molecule has 1 saturated heterocycles. The highest BCUT2D eigenvalue weighted by molar-refractivity contribution is 6.33. The number of carbonyl (C=O) groups is 1. The molecule has 0 saturated carbocycles. The van der Waals surface area contributed by atoms with Crippen molar-refractivity contribution in [2.75, 3.05) is 11.4 Å². The van der Waals surface area contributed by atoms with E-state index in [4.69, 9.17) is 11.6 Å². The topological polar surface area (TPSA) is 81.3 Å². The molecule has 2 heterocycles. The van der Waals surface area contributed by atoms with Gasteiger partial charge in [-0.25, -0.2) is 4.68 Å². The summed E-state index contributed by atoms with van der Waals surface area (Å²) in [5.74, 6) is -0.154. The molecule has 0 unspecified atom stereocenters. The molecule has 0 bridgehead atoms. The van der Waals surface area contributed by atoms with Crippen LogP contribution in [0.15, 0.2) is 24.3 Å². The summed E-state index contributed by atoms with van der Waals surface area (Å²) in [5, 5.41) is 15.8. The van der Waals surface area contributed by atoms with Gasteiger partial charge in [0, 0.05) is 6.54 Å². The van der Waals surface area contributed by atoms with E-state index in [1.165, 1.54) is 4.68 Å².